The van der Waals surface area contributed by atoms with Crippen molar-refractivity contribution in [2.75, 3.05) is 32.9 Å². The standard InChI is InChI=1S/C11H19NO3/c1-10-6-13-11(14-7-10,15-8-10)9-2-4-12-5-3-9/h9,12H,2-8H2,1H3. The molecule has 4 fully saturated rings. The molecule has 4 heterocycles. The highest BCUT2D eigenvalue weighted by atomic mass is 16.9. The van der Waals surface area contributed by atoms with Gasteiger partial charge < -0.3 is 19.5 Å². The Kier molecular flexibility index (Phi) is 2.28. The van der Waals surface area contributed by atoms with Crippen molar-refractivity contribution in [2.45, 2.75) is 25.7 Å². The Morgan fingerprint density at radius 1 is 1.00 bits per heavy atom. The van der Waals surface area contributed by atoms with Crippen LogP contribution in [0.1, 0.15) is 19.8 Å². The summed E-state index contributed by atoms with van der Waals surface area (Å²) >= 11 is 0. The number of nitrogens with one attached hydrogen (secondary N) is 1. The molecular formula is C11H19NO3. The molecule has 0 aromatic carbocycles. The van der Waals surface area contributed by atoms with Crippen LogP contribution in [-0.2, 0) is 14.2 Å². The summed E-state index contributed by atoms with van der Waals surface area (Å²) in [6, 6.07) is 0. The molecule has 2 bridgehead atoms. The minimum absolute atomic E-state index is 0.0780. The van der Waals surface area contributed by atoms with E-state index in [0.29, 0.717) is 5.92 Å². The van der Waals surface area contributed by atoms with Gasteiger partial charge in [-0.15, -0.1) is 0 Å². The summed E-state index contributed by atoms with van der Waals surface area (Å²) in [5.41, 5.74) is 0.0780. The number of fused-ring (bicyclic) bond motifs is 3. The highest BCUT2D eigenvalue weighted by Gasteiger charge is 2.54. The molecule has 4 aliphatic heterocycles. The molecule has 0 amide bonds. The number of rotatable bonds is 1. The fraction of sp³-hybridized carbons (Fsp3) is 1.00. The molecule has 4 nitrogen and oxygen atoms in total. The minimum atomic E-state index is -0.708. The van der Waals surface area contributed by atoms with E-state index in [1.165, 1.54) is 0 Å². The van der Waals surface area contributed by atoms with Gasteiger partial charge in [-0.3, -0.25) is 0 Å². The molecule has 4 heteroatoms. The molecule has 4 aliphatic rings. The summed E-state index contributed by atoms with van der Waals surface area (Å²) in [4.78, 5) is 0. The van der Waals surface area contributed by atoms with E-state index in [4.69, 9.17) is 14.2 Å². The predicted octanol–water partition coefficient (Wildman–Crippen LogP) is 0.723. The topological polar surface area (TPSA) is 39.7 Å². The lowest BCUT2D eigenvalue weighted by Crippen LogP contribution is -2.63. The first-order valence-electron chi connectivity index (χ1n) is 5.85. The normalized spacial score (nSPS) is 47.0. The van der Waals surface area contributed by atoms with Crippen LogP contribution in [0.2, 0.25) is 0 Å². The first-order chi connectivity index (χ1) is 7.23. The molecule has 86 valence electrons. The lowest BCUT2D eigenvalue weighted by molar-refractivity contribution is -0.485. The van der Waals surface area contributed by atoms with E-state index in [1.807, 2.05) is 0 Å². The molecular weight excluding hydrogens is 194 g/mol. The summed E-state index contributed by atoms with van der Waals surface area (Å²) in [5.74, 6) is -0.316. The number of ether oxygens (including phenoxy) is 3. The van der Waals surface area contributed by atoms with Crippen LogP contribution in [0.3, 0.4) is 0 Å². The van der Waals surface area contributed by atoms with Crippen LogP contribution in [0, 0.1) is 11.3 Å². The van der Waals surface area contributed by atoms with Gasteiger partial charge in [-0.1, -0.05) is 6.92 Å². The molecule has 0 atom stereocenters. The van der Waals surface area contributed by atoms with Crippen LogP contribution in [0.4, 0.5) is 0 Å². The second-order valence-electron chi connectivity index (χ2n) is 5.30. The van der Waals surface area contributed by atoms with Crippen LogP contribution in [0.5, 0.6) is 0 Å². The van der Waals surface area contributed by atoms with Gasteiger partial charge in [0, 0.05) is 11.3 Å². The first kappa shape index (κ1) is 10.0. The van der Waals surface area contributed by atoms with E-state index in [2.05, 4.69) is 12.2 Å². The Bertz CT molecular complexity index is 226. The third-order valence-electron chi connectivity index (χ3n) is 3.70. The zero-order valence-electron chi connectivity index (χ0n) is 9.25. The zero-order valence-corrected chi connectivity index (χ0v) is 9.25. The maximum absolute atomic E-state index is 5.83. The molecule has 0 aromatic heterocycles. The molecule has 0 aromatic rings. The van der Waals surface area contributed by atoms with Crippen molar-refractivity contribution in [3.05, 3.63) is 0 Å². The number of hydrogen-bond acceptors (Lipinski definition) is 4. The molecule has 0 radical (unpaired) electrons. The SMILES string of the molecule is CC12COC(C3CCNCC3)(OC1)OC2. The molecule has 4 saturated heterocycles. The van der Waals surface area contributed by atoms with Crippen molar-refractivity contribution in [3.63, 3.8) is 0 Å². The van der Waals surface area contributed by atoms with Gasteiger partial charge in [-0.25, -0.2) is 0 Å². The minimum Gasteiger partial charge on any atom is -0.326 e. The Balaban J connectivity index is 1.74. The average molecular weight is 213 g/mol. The maximum Gasteiger partial charge on any atom is 0.286 e. The summed E-state index contributed by atoms with van der Waals surface area (Å²) in [5, 5.41) is 3.35. The van der Waals surface area contributed by atoms with E-state index in [0.717, 1.165) is 45.8 Å². The molecule has 0 unspecified atom stereocenters. The van der Waals surface area contributed by atoms with Crippen LogP contribution in [-0.4, -0.2) is 38.9 Å². The Morgan fingerprint density at radius 2 is 1.53 bits per heavy atom. The Labute approximate surface area is 90.3 Å². The van der Waals surface area contributed by atoms with Crippen LogP contribution >= 0.6 is 0 Å². The van der Waals surface area contributed by atoms with Gasteiger partial charge in [0.1, 0.15) is 0 Å². The largest absolute Gasteiger partial charge is 0.326 e. The summed E-state index contributed by atoms with van der Waals surface area (Å²) in [7, 11) is 0. The summed E-state index contributed by atoms with van der Waals surface area (Å²) in [6.45, 7) is 6.56. The van der Waals surface area contributed by atoms with E-state index < -0.39 is 5.97 Å². The lowest BCUT2D eigenvalue weighted by Gasteiger charge is -2.53. The van der Waals surface area contributed by atoms with E-state index in [1.54, 1.807) is 0 Å². The van der Waals surface area contributed by atoms with E-state index >= 15 is 0 Å². The van der Waals surface area contributed by atoms with Crippen molar-refractivity contribution in [1.29, 1.82) is 0 Å². The van der Waals surface area contributed by atoms with Gasteiger partial charge in [0.15, 0.2) is 0 Å². The predicted molar refractivity (Wildman–Crippen MR) is 54.3 cm³/mol. The van der Waals surface area contributed by atoms with Crippen LogP contribution in [0.25, 0.3) is 0 Å². The highest BCUT2D eigenvalue weighted by Crippen LogP contribution is 2.44. The van der Waals surface area contributed by atoms with Gasteiger partial charge in [0.25, 0.3) is 5.97 Å². The number of piperidine rings is 1. The van der Waals surface area contributed by atoms with Gasteiger partial charge in [0.05, 0.1) is 19.8 Å². The number of hydrogen-bond donors (Lipinski definition) is 1. The summed E-state index contributed by atoms with van der Waals surface area (Å²) < 4.78 is 17.5. The van der Waals surface area contributed by atoms with Gasteiger partial charge in [-0.2, -0.15) is 0 Å². The van der Waals surface area contributed by atoms with Crippen LogP contribution in [0.15, 0.2) is 0 Å². The smallest absolute Gasteiger partial charge is 0.286 e. The lowest BCUT2D eigenvalue weighted by atomic mass is 9.87. The van der Waals surface area contributed by atoms with E-state index in [-0.39, 0.29) is 5.41 Å². The maximum atomic E-state index is 5.83. The third-order valence-corrected chi connectivity index (χ3v) is 3.70. The molecule has 4 rings (SSSR count). The van der Waals surface area contributed by atoms with Gasteiger partial charge in [-0.05, 0) is 25.9 Å². The molecule has 0 aliphatic carbocycles. The highest BCUT2D eigenvalue weighted by molar-refractivity contribution is 4.89. The molecule has 1 N–H and O–H groups in total. The van der Waals surface area contributed by atoms with Crippen molar-refractivity contribution in [2.24, 2.45) is 11.3 Å². The van der Waals surface area contributed by atoms with Crippen LogP contribution < -0.4 is 5.32 Å². The summed E-state index contributed by atoms with van der Waals surface area (Å²) in [6.07, 6.45) is 2.16. The molecule has 0 saturated carbocycles. The first-order valence-corrected chi connectivity index (χ1v) is 5.85. The van der Waals surface area contributed by atoms with E-state index in [9.17, 15) is 0 Å². The van der Waals surface area contributed by atoms with Crippen molar-refractivity contribution < 1.29 is 14.2 Å². The molecule has 0 spiro atoms. The fourth-order valence-corrected chi connectivity index (χ4v) is 2.60. The van der Waals surface area contributed by atoms with Gasteiger partial charge in [0.2, 0.25) is 0 Å². The van der Waals surface area contributed by atoms with Crippen molar-refractivity contribution >= 4 is 0 Å². The second kappa shape index (κ2) is 3.42. The van der Waals surface area contributed by atoms with Gasteiger partial charge >= 0.3 is 0 Å². The van der Waals surface area contributed by atoms with Crippen molar-refractivity contribution in [1.82, 2.24) is 5.32 Å². The average Bonchev–Trinajstić information content (AvgIpc) is 2.32. The second-order valence-corrected chi connectivity index (χ2v) is 5.30. The quantitative estimate of drug-likeness (QED) is 0.697. The molecule has 15 heavy (non-hydrogen) atoms. The fourth-order valence-electron chi connectivity index (χ4n) is 2.60. The third kappa shape index (κ3) is 1.60. The Hall–Kier alpha value is -0.160. The zero-order chi connectivity index (χ0) is 10.4. The monoisotopic (exact) mass is 213 g/mol. The Morgan fingerprint density at radius 3 is 2.07 bits per heavy atom. The van der Waals surface area contributed by atoms with Crippen molar-refractivity contribution in [3.8, 4) is 0 Å².